The van der Waals surface area contributed by atoms with Crippen molar-refractivity contribution in [1.82, 2.24) is 4.98 Å². The van der Waals surface area contributed by atoms with Crippen molar-refractivity contribution in [2.45, 2.75) is 6.43 Å². The van der Waals surface area contributed by atoms with E-state index in [-0.39, 0.29) is 4.60 Å². The van der Waals surface area contributed by atoms with E-state index in [1.165, 1.54) is 0 Å². The summed E-state index contributed by atoms with van der Waals surface area (Å²) in [5, 5.41) is 10.3. The fourth-order valence-corrected chi connectivity index (χ4v) is 1.19. The van der Waals surface area contributed by atoms with Crippen LogP contribution in [-0.2, 0) is 0 Å². The molecule has 0 fully saturated rings. The highest BCUT2D eigenvalue weighted by Crippen LogP contribution is 2.31. The zero-order chi connectivity index (χ0) is 10.9. The maximum absolute atomic E-state index is 12.9. The van der Waals surface area contributed by atoms with Crippen LogP contribution >= 0.6 is 15.9 Å². The summed E-state index contributed by atoms with van der Waals surface area (Å²) < 4.78 is 37.0. The first-order valence-corrected chi connectivity index (χ1v) is 4.01. The van der Waals surface area contributed by atoms with Crippen LogP contribution < -0.4 is 0 Å². The zero-order valence-corrected chi connectivity index (χ0v) is 7.96. The van der Waals surface area contributed by atoms with Crippen LogP contribution in [0.25, 0.3) is 0 Å². The van der Waals surface area contributed by atoms with Gasteiger partial charge in [0.25, 0.3) is 6.43 Å². The second-order valence-electron chi connectivity index (χ2n) is 2.22. The van der Waals surface area contributed by atoms with Gasteiger partial charge in [-0.25, -0.2) is 13.2 Å². The predicted octanol–water partition coefficient (Wildman–Crippen LogP) is 2.83. The van der Waals surface area contributed by atoms with E-state index in [1.807, 2.05) is 0 Å². The molecule has 14 heavy (non-hydrogen) atoms. The number of aromatic nitrogens is 1. The van der Waals surface area contributed by atoms with Gasteiger partial charge in [-0.15, -0.1) is 0 Å². The standard InChI is InChI=1S/C6H2BrF3N2O2/c7-3-1-2(8)4(5(9)10)6(11-3)12(13)14/h1,5H. The molecule has 76 valence electrons. The zero-order valence-electron chi connectivity index (χ0n) is 6.38. The molecule has 0 aromatic carbocycles. The average molecular weight is 271 g/mol. The largest absolute Gasteiger partial charge is 0.376 e. The molecular weight excluding hydrogens is 269 g/mol. The Balaban J connectivity index is 3.44. The van der Waals surface area contributed by atoms with E-state index in [2.05, 4.69) is 20.9 Å². The summed E-state index contributed by atoms with van der Waals surface area (Å²) in [6, 6.07) is 0.647. The Labute approximate surface area is 84.0 Å². The van der Waals surface area contributed by atoms with Crippen molar-refractivity contribution in [3.05, 3.63) is 32.2 Å². The van der Waals surface area contributed by atoms with Gasteiger partial charge >= 0.3 is 5.82 Å². The van der Waals surface area contributed by atoms with E-state index in [4.69, 9.17) is 0 Å². The minimum absolute atomic E-state index is 0.203. The van der Waals surface area contributed by atoms with Gasteiger partial charge in [-0.3, -0.25) is 0 Å². The Hall–Kier alpha value is -1.18. The summed E-state index contributed by atoms with van der Waals surface area (Å²) in [5.41, 5.74) is -1.29. The SMILES string of the molecule is O=[N+]([O-])c1nc(Br)cc(F)c1C(F)F. The first-order chi connectivity index (χ1) is 6.43. The van der Waals surface area contributed by atoms with Crippen LogP contribution in [0.5, 0.6) is 0 Å². The summed E-state index contributed by atoms with van der Waals surface area (Å²) in [6.45, 7) is 0. The van der Waals surface area contributed by atoms with E-state index in [0.29, 0.717) is 6.07 Å². The van der Waals surface area contributed by atoms with Gasteiger partial charge in [-0.2, -0.15) is 0 Å². The van der Waals surface area contributed by atoms with Crippen molar-refractivity contribution < 1.29 is 18.1 Å². The molecule has 0 spiro atoms. The summed E-state index contributed by atoms with van der Waals surface area (Å²) >= 11 is 2.66. The number of alkyl halides is 2. The maximum atomic E-state index is 12.9. The van der Waals surface area contributed by atoms with Crippen molar-refractivity contribution in [3.8, 4) is 0 Å². The molecule has 0 bridgehead atoms. The molecule has 0 aliphatic heterocycles. The summed E-state index contributed by atoms with van der Waals surface area (Å²) in [6.07, 6.45) is -3.27. The molecule has 4 nitrogen and oxygen atoms in total. The maximum Gasteiger partial charge on any atom is 0.376 e. The second-order valence-corrected chi connectivity index (χ2v) is 3.03. The molecule has 1 aromatic heterocycles. The lowest BCUT2D eigenvalue weighted by atomic mass is 10.2. The molecule has 1 rings (SSSR count). The van der Waals surface area contributed by atoms with Crippen LogP contribution in [0.4, 0.5) is 19.0 Å². The molecule has 0 aliphatic carbocycles. The summed E-state index contributed by atoms with van der Waals surface area (Å²) in [5.74, 6) is -2.53. The normalized spacial score (nSPS) is 10.6. The number of nitrogens with zero attached hydrogens (tertiary/aromatic N) is 2. The van der Waals surface area contributed by atoms with Crippen LogP contribution in [0.2, 0.25) is 0 Å². The molecule has 0 N–H and O–H groups in total. The Morgan fingerprint density at radius 1 is 1.57 bits per heavy atom. The average Bonchev–Trinajstić information content (AvgIpc) is 2.01. The third kappa shape index (κ3) is 2.00. The van der Waals surface area contributed by atoms with E-state index in [0.717, 1.165) is 0 Å². The van der Waals surface area contributed by atoms with Crippen molar-refractivity contribution >= 4 is 21.7 Å². The van der Waals surface area contributed by atoms with Crippen molar-refractivity contribution in [2.75, 3.05) is 0 Å². The van der Waals surface area contributed by atoms with Gasteiger partial charge in [0.2, 0.25) is 4.60 Å². The highest BCUT2D eigenvalue weighted by atomic mass is 79.9. The molecule has 0 amide bonds. The Morgan fingerprint density at radius 2 is 2.14 bits per heavy atom. The van der Waals surface area contributed by atoms with Gasteiger partial charge < -0.3 is 10.1 Å². The number of nitro groups is 1. The van der Waals surface area contributed by atoms with Gasteiger partial charge in [-0.1, -0.05) is 0 Å². The van der Waals surface area contributed by atoms with Crippen molar-refractivity contribution in [3.63, 3.8) is 0 Å². The third-order valence-corrected chi connectivity index (χ3v) is 1.75. The molecule has 0 aliphatic rings. The van der Waals surface area contributed by atoms with Crippen LogP contribution in [0, 0.1) is 15.9 Å². The van der Waals surface area contributed by atoms with E-state index in [9.17, 15) is 23.3 Å². The molecule has 0 saturated carbocycles. The first-order valence-electron chi connectivity index (χ1n) is 3.22. The van der Waals surface area contributed by atoms with Crippen molar-refractivity contribution in [2.24, 2.45) is 0 Å². The molecule has 8 heteroatoms. The second kappa shape index (κ2) is 3.91. The van der Waals surface area contributed by atoms with Crippen LogP contribution in [0.15, 0.2) is 10.7 Å². The lowest BCUT2D eigenvalue weighted by molar-refractivity contribution is -0.391. The molecule has 0 radical (unpaired) electrons. The fraction of sp³-hybridized carbons (Fsp3) is 0.167. The lowest BCUT2D eigenvalue weighted by Crippen LogP contribution is -2.02. The van der Waals surface area contributed by atoms with Gasteiger partial charge in [0.15, 0.2) is 5.56 Å². The van der Waals surface area contributed by atoms with Crippen LogP contribution in [0.1, 0.15) is 12.0 Å². The highest BCUT2D eigenvalue weighted by molar-refractivity contribution is 9.10. The lowest BCUT2D eigenvalue weighted by Gasteiger charge is -2.02. The number of hydrogen-bond acceptors (Lipinski definition) is 3. The van der Waals surface area contributed by atoms with Gasteiger partial charge in [0, 0.05) is 22.0 Å². The number of pyridine rings is 1. The minimum Gasteiger partial charge on any atom is -0.358 e. The molecule has 1 aromatic rings. The smallest absolute Gasteiger partial charge is 0.358 e. The molecule has 0 unspecified atom stereocenters. The monoisotopic (exact) mass is 270 g/mol. The molecule has 0 saturated heterocycles. The first kappa shape index (κ1) is 10.9. The van der Waals surface area contributed by atoms with Crippen molar-refractivity contribution in [1.29, 1.82) is 0 Å². The number of halogens is 4. The molecule has 1 heterocycles. The highest BCUT2D eigenvalue weighted by Gasteiger charge is 2.28. The predicted molar refractivity (Wildman–Crippen MR) is 43.5 cm³/mol. The van der Waals surface area contributed by atoms with Crippen LogP contribution in [-0.4, -0.2) is 9.91 Å². The Bertz CT molecular complexity index is 386. The number of rotatable bonds is 2. The third-order valence-electron chi connectivity index (χ3n) is 1.35. The van der Waals surface area contributed by atoms with Crippen LogP contribution in [0.3, 0.4) is 0 Å². The minimum atomic E-state index is -3.27. The molecular formula is C6H2BrF3N2O2. The topological polar surface area (TPSA) is 56.0 Å². The molecule has 0 atom stereocenters. The summed E-state index contributed by atoms with van der Waals surface area (Å²) in [4.78, 5) is 12.2. The fourth-order valence-electron chi connectivity index (χ4n) is 0.824. The summed E-state index contributed by atoms with van der Waals surface area (Å²) in [7, 11) is 0. The Kier molecular flexibility index (Phi) is 3.04. The van der Waals surface area contributed by atoms with E-state index in [1.54, 1.807) is 0 Å². The quantitative estimate of drug-likeness (QED) is 0.472. The number of hydrogen-bond donors (Lipinski definition) is 0. The van der Waals surface area contributed by atoms with Gasteiger partial charge in [0.1, 0.15) is 5.82 Å². The Morgan fingerprint density at radius 3 is 2.57 bits per heavy atom. The van der Waals surface area contributed by atoms with E-state index >= 15 is 0 Å². The van der Waals surface area contributed by atoms with Gasteiger partial charge in [-0.05, 0) is 9.91 Å². The van der Waals surface area contributed by atoms with Gasteiger partial charge in [0.05, 0.1) is 0 Å². The van der Waals surface area contributed by atoms with E-state index < -0.39 is 28.5 Å².